The second-order valence-corrected chi connectivity index (χ2v) is 12.5. The molecule has 4 aromatic carbocycles. The summed E-state index contributed by atoms with van der Waals surface area (Å²) in [4.78, 5) is 38.5. The number of hydrazine groups is 1. The Morgan fingerprint density at radius 2 is 1.46 bits per heavy atom. The van der Waals surface area contributed by atoms with Crippen molar-refractivity contribution in [2.24, 2.45) is 11.7 Å². The highest BCUT2D eigenvalue weighted by atomic mass is 16.5. The molecule has 0 heterocycles. The lowest BCUT2D eigenvalue weighted by molar-refractivity contribution is -0.141. The summed E-state index contributed by atoms with van der Waals surface area (Å²) >= 11 is 0. The quantitative estimate of drug-likeness (QED) is 0.156. The van der Waals surface area contributed by atoms with Crippen LogP contribution in [-0.2, 0) is 14.3 Å². The van der Waals surface area contributed by atoms with Crippen molar-refractivity contribution >= 4 is 17.9 Å². The van der Waals surface area contributed by atoms with Gasteiger partial charge >= 0.3 is 6.09 Å². The van der Waals surface area contributed by atoms with Gasteiger partial charge in [-0.1, -0.05) is 74.5 Å². The summed E-state index contributed by atoms with van der Waals surface area (Å²) in [5.74, 6) is 0.767. The van der Waals surface area contributed by atoms with Crippen molar-refractivity contribution in [3.05, 3.63) is 113 Å². The highest BCUT2D eigenvalue weighted by Gasteiger charge is 2.30. The standard InChI is InChI=1S/C39H44N4O7/c1-24(2)20-34(40)38(45)43(3)42-36(44)23-49-26-16-14-25(15-17-26)37(32-19-18-27(47-4)21-35(32)48-5)41-39(46)50-22-33-30-12-8-6-10-28(30)29-11-7-9-13-31(29)33/h6-19,21,24,33-34,37H,20,22-23,40H2,1-5H3,(H,41,46)(H,42,44)/t34-,37?/m0/s1. The molecule has 4 aromatic rings. The molecule has 5 rings (SSSR count). The number of amides is 3. The first kappa shape index (κ1) is 35.7. The average Bonchev–Trinajstić information content (AvgIpc) is 3.44. The van der Waals surface area contributed by atoms with Crippen LogP contribution in [0.3, 0.4) is 0 Å². The molecule has 1 aliphatic rings. The van der Waals surface area contributed by atoms with E-state index in [4.69, 9.17) is 24.7 Å². The van der Waals surface area contributed by atoms with Gasteiger partial charge in [0.2, 0.25) is 0 Å². The number of alkyl carbamates (subject to hydrolysis) is 1. The molecule has 0 spiro atoms. The van der Waals surface area contributed by atoms with E-state index in [-0.39, 0.29) is 31.0 Å². The second-order valence-electron chi connectivity index (χ2n) is 12.5. The molecule has 50 heavy (non-hydrogen) atoms. The van der Waals surface area contributed by atoms with Gasteiger partial charge in [0.05, 0.1) is 26.3 Å². The first-order valence-electron chi connectivity index (χ1n) is 16.5. The molecule has 0 fully saturated rings. The first-order valence-corrected chi connectivity index (χ1v) is 16.5. The summed E-state index contributed by atoms with van der Waals surface area (Å²) in [6, 6.07) is 27.3. The van der Waals surface area contributed by atoms with Crippen LogP contribution >= 0.6 is 0 Å². The highest BCUT2D eigenvalue weighted by Crippen LogP contribution is 2.44. The normalized spacial score (nSPS) is 13.0. The van der Waals surface area contributed by atoms with Crippen LogP contribution in [0.15, 0.2) is 91.0 Å². The van der Waals surface area contributed by atoms with E-state index in [1.165, 1.54) is 7.05 Å². The third-order valence-electron chi connectivity index (χ3n) is 8.61. The van der Waals surface area contributed by atoms with Crippen LogP contribution in [0, 0.1) is 5.92 Å². The van der Waals surface area contributed by atoms with Gasteiger partial charge in [-0.05, 0) is 64.4 Å². The van der Waals surface area contributed by atoms with Gasteiger partial charge in [-0.25, -0.2) is 4.79 Å². The zero-order valence-electron chi connectivity index (χ0n) is 29.0. The van der Waals surface area contributed by atoms with Gasteiger partial charge in [0.15, 0.2) is 6.61 Å². The second kappa shape index (κ2) is 16.2. The molecule has 1 unspecified atom stereocenters. The maximum Gasteiger partial charge on any atom is 0.407 e. The van der Waals surface area contributed by atoms with E-state index in [2.05, 4.69) is 35.0 Å². The van der Waals surface area contributed by atoms with Crippen molar-refractivity contribution < 1.29 is 33.3 Å². The summed E-state index contributed by atoms with van der Waals surface area (Å²) in [5, 5.41) is 4.11. The monoisotopic (exact) mass is 680 g/mol. The molecule has 0 saturated carbocycles. The first-order chi connectivity index (χ1) is 24.1. The van der Waals surface area contributed by atoms with Crippen molar-refractivity contribution in [1.29, 1.82) is 0 Å². The maximum absolute atomic E-state index is 13.5. The Morgan fingerprint density at radius 1 is 0.840 bits per heavy atom. The maximum atomic E-state index is 13.5. The lowest BCUT2D eigenvalue weighted by Crippen LogP contribution is -2.51. The minimum Gasteiger partial charge on any atom is -0.497 e. The molecule has 2 atom stereocenters. The SMILES string of the molecule is COc1ccc(C(NC(=O)OCC2c3ccccc3-c3ccccc32)c2ccc(OCC(=O)NN(C)C(=O)[C@@H](N)CC(C)C)cc2)c(OC)c1. The topological polar surface area (TPSA) is 141 Å². The van der Waals surface area contributed by atoms with Gasteiger partial charge in [-0.15, -0.1) is 0 Å². The minimum atomic E-state index is -0.715. The van der Waals surface area contributed by atoms with Crippen molar-refractivity contribution in [2.75, 3.05) is 34.5 Å². The predicted molar refractivity (Wildman–Crippen MR) is 190 cm³/mol. The summed E-state index contributed by atoms with van der Waals surface area (Å²) in [7, 11) is 4.57. The van der Waals surface area contributed by atoms with Crippen LogP contribution in [-0.4, -0.2) is 63.4 Å². The summed E-state index contributed by atoms with van der Waals surface area (Å²) in [6.07, 6.45) is -0.0972. The molecule has 11 nitrogen and oxygen atoms in total. The Bertz CT molecular complexity index is 1770. The molecule has 11 heteroatoms. The lowest BCUT2D eigenvalue weighted by atomic mass is 9.97. The van der Waals surface area contributed by atoms with Crippen molar-refractivity contribution in [3.63, 3.8) is 0 Å². The largest absolute Gasteiger partial charge is 0.497 e. The number of likely N-dealkylation sites (N-methyl/N-ethyl adjacent to an activating group) is 1. The van der Waals surface area contributed by atoms with Gasteiger partial charge < -0.3 is 30.0 Å². The van der Waals surface area contributed by atoms with Crippen LogP contribution in [0.4, 0.5) is 4.79 Å². The van der Waals surface area contributed by atoms with E-state index >= 15 is 0 Å². The predicted octanol–water partition coefficient (Wildman–Crippen LogP) is 5.57. The molecule has 0 radical (unpaired) electrons. The molecule has 0 aromatic heterocycles. The van der Waals surface area contributed by atoms with Crippen molar-refractivity contribution in [3.8, 4) is 28.4 Å². The lowest BCUT2D eigenvalue weighted by Gasteiger charge is -2.23. The summed E-state index contributed by atoms with van der Waals surface area (Å²) in [5.41, 5.74) is 14.4. The Labute approximate surface area is 292 Å². The molecule has 4 N–H and O–H groups in total. The van der Waals surface area contributed by atoms with Gasteiger partial charge in [0.25, 0.3) is 11.8 Å². The average molecular weight is 681 g/mol. The van der Waals surface area contributed by atoms with Gasteiger partial charge in [0.1, 0.15) is 23.9 Å². The molecular formula is C39H44N4O7. The van der Waals surface area contributed by atoms with Crippen LogP contribution in [0.5, 0.6) is 17.2 Å². The third kappa shape index (κ3) is 8.35. The van der Waals surface area contributed by atoms with Crippen LogP contribution in [0.25, 0.3) is 11.1 Å². The van der Waals surface area contributed by atoms with Gasteiger partial charge in [-0.2, -0.15) is 0 Å². The van der Waals surface area contributed by atoms with E-state index in [0.29, 0.717) is 34.8 Å². The number of ether oxygens (including phenoxy) is 4. The molecule has 262 valence electrons. The van der Waals surface area contributed by atoms with E-state index in [1.54, 1.807) is 50.6 Å². The number of hydrogen-bond acceptors (Lipinski definition) is 8. The molecule has 0 aliphatic heterocycles. The van der Waals surface area contributed by atoms with E-state index < -0.39 is 24.1 Å². The molecule has 0 saturated heterocycles. The van der Waals surface area contributed by atoms with E-state index in [1.807, 2.05) is 44.2 Å². The number of rotatable bonds is 13. The highest BCUT2D eigenvalue weighted by molar-refractivity contribution is 5.85. The molecule has 3 amide bonds. The number of nitrogens with one attached hydrogen (secondary N) is 2. The molecule has 0 bridgehead atoms. The van der Waals surface area contributed by atoms with Crippen LogP contribution in [0.1, 0.15) is 54.5 Å². The zero-order chi connectivity index (χ0) is 35.8. The number of carbonyl (C=O) groups excluding carboxylic acids is 3. The summed E-state index contributed by atoms with van der Waals surface area (Å²) < 4.78 is 22.6. The Morgan fingerprint density at radius 3 is 2.06 bits per heavy atom. The fraction of sp³-hybridized carbons (Fsp3) is 0.308. The fourth-order valence-corrected chi connectivity index (χ4v) is 6.19. The number of benzene rings is 4. The molecule has 1 aliphatic carbocycles. The summed E-state index contributed by atoms with van der Waals surface area (Å²) in [6.45, 7) is 3.77. The Kier molecular flexibility index (Phi) is 11.6. The van der Waals surface area contributed by atoms with Crippen molar-refractivity contribution in [2.45, 2.75) is 38.3 Å². The fourth-order valence-electron chi connectivity index (χ4n) is 6.19. The number of carbonyl (C=O) groups is 3. The number of nitrogens with zero attached hydrogens (tertiary/aromatic N) is 1. The van der Waals surface area contributed by atoms with Crippen LogP contribution in [0.2, 0.25) is 0 Å². The van der Waals surface area contributed by atoms with E-state index in [9.17, 15) is 14.4 Å². The van der Waals surface area contributed by atoms with Gasteiger partial charge in [0, 0.05) is 24.6 Å². The Balaban J connectivity index is 1.28. The zero-order valence-corrected chi connectivity index (χ0v) is 29.0. The Hall–Kier alpha value is -5.55. The van der Waals surface area contributed by atoms with Crippen molar-refractivity contribution in [1.82, 2.24) is 15.8 Å². The van der Waals surface area contributed by atoms with Gasteiger partial charge in [-0.3, -0.25) is 20.0 Å². The van der Waals surface area contributed by atoms with Crippen LogP contribution < -0.4 is 30.7 Å². The third-order valence-corrected chi connectivity index (χ3v) is 8.61. The number of fused-ring (bicyclic) bond motifs is 3. The molecular weight excluding hydrogens is 636 g/mol. The number of hydrogen-bond donors (Lipinski definition) is 3. The van der Waals surface area contributed by atoms with E-state index in [0.717, 1.165) is 27.3 Å². The minimum absolute atomic E-state index is 0.0922. The number of methoxy groups -OCH3 is 2. The smallest absolute Gasteiger partial charge is 0.407 e. The number of nitrogens with two attached hydrogens (primary N) is 1.